The standard InChI is InChI=1S/C17H23N5O2/c1-12-14(16-20-18-11-21(16)2)6-3-7-15(12)19-17(24)22-8-4-5-13(9-22)10-23/h3,6-7,11,13,23H,4-5,8-10H2,1-2H3,(H,19,24)/t13-/m1/s1. The maximum atomic E-state index is 12.5. The molecule has 1 atom stereocenters. The van der Waals surface area contributed by atoms with Crippen molar-refractivity contribution in [3.05, 3.63) is 30.1 Å². The normalized spacial score (nSPS) is 17.8. The molecule has 7 nitrogen and oxygen atoms in total. The lowest BCUT2D eigenvalue weighted by molar-refractivity contribution is 0.136. The first-order valence-electron chi connectivity index (χ1n) is 8.21. The van der Waals surface area contributed by atoms with Crippen LogP contribution >= 0.6 is 0 Å². The molecule has 1 aliphatic heterocycles. The molecule has 0 saturated carbocycles. The number of piperidine rings is 1. The summed E-state index contributed by atoms with van der Waals surface area (Å²) in [7, 11) is 1.89. The van der Waals surface area contributed by atoms with Gasteiger partial charge in [0.1, 0.15) is 6.33 Å². The third-order valence-electron chi connectivity index (χ3n) is 4.59. The summed E-state index contributed by atoms with van der Waals surface area (Å²) in [5.41, 5.74) is 2.67. The van der Waals surface area contributed by atoms with E-state index in [-0.39, 0.29) is 18.6 Å². The van der Waals surface area contributed by atoms with Gasteiger partial charge < -0.3 is 19.9 Å². The quantitative estimate of drug-likeness (QED) is 0.902. The fourth-order valence-corrected chi connectivity index (χ4v) is 3.13. The van der Waals surface area contributed by atoms with Crippen LogP contribution in [-0.2, 0) is 7.05 Å². The molecule has 0 spiro atoms. The Morgan fingerprint density at radius 3 is 3.00 bits per heavy atom. The number of aromatic nitrogens is 3. The summed E-state index contributed by atoms with van der Waals surface area (Å²) in [6.45, 7) is 3.42. The molecule has 1 aromatic heterocycles. The maximum Gasteiger partial charge on any atom is 0.321 e. The highest BCUT2D eigenvalue weighted by molar-refractivity contribution is 5.91. The Labute approximate surface area is 141 Å². The smallest absolute Gasteiger partial charge is 0.321 e. The van der Waals surface area contributed by atoms with Crippen molar-refractivity contribution in [1.82, 2.24) is 19.7 Å². The zero-order valence-electron chi connectivity index (χ0n) is 14.1. The number of aliphatic hydroxyl groups is 1. The van der Waals surface area contributed by atoms with E-state index in [9.17, 15) is 9.90 Å². The maximum absolute atomic E-state index is 12.5. The van der Waals surface area contributed by atoms with E-state index < -0.39 is 0 Å². The van der Waals surface area contributed by atoms with E-state index in [2.05, 4.69) is 15.5 Å². The van der Waals surface area contributed by atoms with E-state index in [1.807, 2.05) is 36.7 Å². The Kier molecular flexibility index (Phi) is 4.80. The number of anilines is 1. The molecule has 2 N–H and O–H groups in total. The van der Waals surface area contributed by atoms with Gasteiger partial charge in [0.15, 0.2) is 5.82 Å². The first kappa shape index (κ1) is 16.4. The highest BCUT2D eigenvalue weighted by Gasteiger charge is 2.23. The molecule has 0 unspecified atom stereocenters. The minimum absolute atomic E-state index is 0.119. The van der Waals surface area contributed by atoms with Crippen molar-refractivity contribution in [3.63, 3.8) is 0 Å². The van der Waals surface area contributed by atoms with Crippen LogP contribution in [-0.4, -0.2) is 50.5 Å². The molecule has 2 heterocycles. The number of carbonyl (C=O) groups is 1. The molecule has 0 radical (unpaired) electrons. The molecule has 0 aliphatic carbocycles. The number of hydrogen-bond acceptors (Lipinski definition) is 4. The summed E-state index contributed by atoms with van der Waals surface area (Å²) in [4.78, 5) is 14.3. The van der Waals surface area contributed by atoms with Crippen molar-refractivity contribution >= 4 is 11.7 Å². The van der Waals surface area contributed by atoms with Gasteiger partial charge in [-0.15, -0.1) is 10.2 Å². The molecular formula is C17H23N5O2. The topological polar surface area (TPSA) is 83.3 Å². The molecule has 1 saturated heterocycles. The van der Waals surface area contributed by atoms with Crippen LogP contribution in [0.1, 0.15) is 18.4 Å². The van der Waals surface area contributed by atoms with Gasteiger partial charge >= 0.3 is 6.03 Å². The van der Waals surface area contributed by atoms with Crippen LogP contribution in [0.4, 0.5) is 10.5 Å². The van der Waals surface area contributed by atoms with Crippen LogP contribution in [0, 0.1) is 12.8 Å². The average molecular weight is 329 g/mol. The van der Waals surface area contributed by atoms with E-state index in [1.165, 1.54) is 0 Å². The number of aryl methyl sites for hydroxylation is 1. The molecule has 2 amide bonds. The van der Waals surface area contributed by atoms with Gasteiger partial charge in [-0.25, -0.2) is 4.79 Å². The SMILES string of the molecule is Cc1c(NC(=O)N2CCC[C@@H](CO)C2)cccc1-c1nncn1C. The number of nitrogens with zero attached hydrogens (tertiary/aromatic N) is 4. The summed E-state index contributed by atoms with van der Waals surface area (Å²) in [5, 5.41) is 20.4. The van der Waals surface area contributed by atoms with E-state index in [0.29, 0.717) is 6.54 Å². The predicted molar refractivity (Wildman–Crippen MR) is 91.6 cm³/mol. The number of carbonyl (C=O) groups excluding carboxylic acids is 1. The van der Waals surface area contributed by atoms with Crippen LogP contribution < -0.4 is 5.32 Å². The van der Waals surface area contributed by atoms with Gasteiger partial charge in [-0.1, -0.05) is 12.1 Å². The second kappa shape index (κ2) is 7.00. The zero-order chi connectivity index (χ0) is 17.1. The molecule has 1 fully saturated rings. The van der Waals surface area contributed by atoms with Gasteiger partial charge in [0.25, 0.3) is 0 Å². The van der Waals surface area contributed by atoms with E-state index in [4.69, 9.17) is 0 Å². The van der Waals surface area contributed by atoms with Crippen LogP contribution in [0.3, 0.4) is 0 Å². The molecule has 0 bridgehead atoms. The summed E-state index contributed by atoms with van der Waals surface area (Å²) >= 11 is 0. The fraction of sp³-hybridized carbons (Fsp3) is 0.471. The predicted octanol–water partition coefficient (Wildman–Crippen LogP) is 2.03. The van der Waals surface area contributed by atoms with Crippen molar-refractivity contribution in [3.8, 4) is 11.4 Å². The summed E-state index contributed by atoms with van der Waals surface area (Å²) in [6.07, 6.45) is 3.56. The number of amides is 2. The van der Waals surface area contributed by atoms with Crippen LogP contribution in [0.25, 0.3) is 11.4 Å². The number of likely N-dealkylation sites (tertiary alicyclic amines) is 1. The highest BCUT2D eigenvalue weighted by Crippen LogP contribution is 2.27. The lowest BCUT2D eigenvalue weighted by atomic mass is 9.99. The van der Waals surface area contributed by atoms with Crippen molar-refractivity contribution in [2.45, 2.75) is 19.8 Å². The average Bonchev–Trinajstić information content (AvgIpc) is 3.02. The van der Waals surface area contributed by atoms with Crippen molar-refractivity contribution in [2.24, 2.45) is 13.0 Å². The number of rotatable bonds is 3. The van der Waals surface area contributed by atoms with Gasteiger partial charge in [0.2, 0.25) is 0 Å². The Hall–Kier alpha value is -2.41. The monoisotopic (exact) mass is 329 g/mol. The number of urea groups is 1. The van der Waals surface area contributed by atoms with Gasteiger partial charge in [-0.05, 0) is 37.3 Å². The largest absolute Gasteiger partial charge is 0.396 e. The number of aliphatic hydroxyl groups excluding tert-OH is 1. The first-order valence-corrected chi connectivity index (χ1v) is 8.21. The van der Waals surface area contributed by atoms with Gasteiger partial charge in [-0.3, -0.25) is 0 Å². The van der Waals surface area contributed by atoms with Crippen molar-refractivity contribution < 1.29 is 9.90 Å². The van der Waals surface area contributed by atoms with Crippen LogP contribution in [0.2, 0.25) is 0 Å². The second-order valence-corrected chi connectivity index (χ2v) is 6.31. The number of hydrogen-bond donors (Lipinski definition) is 2. The van der Waals surface area contributed by atoms with E-state index in [1.54, 1.807) is 11.2 Å². The van der Waals surface area contributed by atoms with Gasteiger partial charge in [0, 0.05) is 38.0 Å². The van der Waals surface area contributed by atoms with Crippen molar-refractivity contribution in [1.29, 1.82) is 0 Å². The molecule has 3 rings (SSSR count). The lowest BCUT2D eigenvalue weighted by Crippen LogP contribution is -2.43. The lowest BCUT2D eigenvalue weighted by Gasteiger charge is -2.32. The summed E-state index contributed by atoms with van der Waals surface area (Å²) in [5.74, 6) is 0.942. The third-order valence-corrected chi connectivity index (χ3v) is 4.59. The Morgan fingerprint density at radius 2 is 2.29 bits per heavy atom. The fourth-order valence-electron chi connectivity index (χ4n) is 3.13. The number of benzene rings is 1. The molecular weight excluding hydrogens is 306 g/mol. The second-order valence-electron chi connectivity index (χ2n) is 6.31. The van der Waals surface area contributed by atoms with Crippen molar-refractivity contribution in [2.75, 3.05) is 25.0 Å². The summed E-state index contributed by atoms with van der Waals surface area (Å²) < 4.78 is 1.85. The zero-order valence-corrected chi connectivity index (χ0v) is 14.1. The highest BCUT2D eigenvalue weighted by atomic mass is 16.3. The number of nitrogens with one attached hydrogen (secondary N) is 1. The molecule has 2 aromatic rings. The first-order chi connectivity index (χ1) is 11.6. The molecule has 128 valence electrons. The Morgan fingerprint density at radius 1 is 1.46 bits per heavy atom. The van der Waals surface area contributed by atoms with E-state index in [0.717, 1.165) is 42.0 Å². The Bertz CT molecular complexity index is 728. The molecule has 1 aliphatic rings. The molecule has 1 aromatic carbocycles. The van der Waals surface area contributed by atoms with Crippen LogP contribution in [0.5, 0.6) is 0 Å². The molecule has 24 heavy (non-hydrogen) atoms. The van der Waals surface area contributed by atoms with Crippen LogP contribution in [0.15, 0.2) is 24.5 Å². The Balaban J connectivity index is 1.78. The third kappa shape index (κ3) is 3.26. The molecule has 7 heteroatoms. The minimum Gasteiger partial charge on any atom is -0.396 e. The van der Waals surface area contributed by atoms with E-state index >= 15 is 0 Å². The minimum atomic E-state index is -0.119. The van der Waals surface area contributed by atoms with Gasteiger partial charge in [0.05, 0.1) is 0 Å². The summed E-state index contributed by atoms with van der Waals surface area (Å²) in [6, 6.07) is 5.64. The van der Waals surface area contributed by atoms with Gasteiger partial charge in [-0.2, -0.15) is 0 Å².